The van der Waals surface area contributed by atoms with Crippen molar-refractivity contribution < 1.29 is 27.4 Å². The predicted molar refractivity (Wildman–Crippen MR) is 119 cm³/mol. The van der Waals surface area contributed by atoms with E-state index in [1.165, 1.54) is 12.1 Å². The summed E-state index contributed by atoms with van der Waals surface area (Å²) in [6.07, 6.45) is -3.45. The lowest BCUT2D eigenvalue weighted by atomic mass is 9.74. The minimum atomic E-state index is -4.92. The minimum Gasteiger partial charge on any atom is -0.493 e. The van der Waals surface area contributed by atoms with E-state index in [1.54, 1.807) is 45.2 Å². The fourth-order valence-electron chi connectivity index (χ4n) is 4.53. The van der Waals surface area contributed by atoms with E-state index in [-0.39, 0.29) is 0 Å². The number of aromatic nitrogens is 1. The first-order valence-electron chi connectivity index (χ1n) is 10.7. The van der Waals surface area contributed by atoms with E-state index < -0.39 is 36.0 Å². The number of pyridine rings is 1. The number of nitrogens with one attached hydrogen (secondary N) is 1. The molecule has 4 nitrogen and oxygen atoms in total. The van der Waals surface area contributed by atoms with Crippen molar-refractivity contribution in [3.63, 3.8) is 0 Å². The Bertz CT molecular complexity index is 1190. The average molecular weight is 462 g/mol. The quantitative estimate of drug-likeness (QED) is 0.462. The molecule has 1 aliphatic heterocycles. The number of aryl methyl sites for hydroxylation is 1. The van der Waals surface area contributed by atoms with Crippen molar-refractivity contribution in [3.8, 4) is 5.75 Å². The molecule has 2 aromatic carbocycles. The molecule has 0 radical (unpaired) electrons. The number of alkyl halides is 3. The lowest BCUT2D eigenvalue weighted by Crippen LogP contribution is -2.53. The number of anilines is 1. The van der Waals surface area contributed by atoms with Gasteiger partial charge < -0.3 is 15.2 Å². The highest BCUT2D eigenvalue weighted by Crippen LogP contribution is 2.46. The molecule has 176 valence electrons. The van der Waals surface area contributed by atoms with Crippen molar-refractivity contribution in [2.24, 2.45) is 0 Å². The zero-order valence-corrected chi connectivity index (χ0v) is 18.7. The zero-order chi connectivity index (χ0) is 24.0. The molecule has 0 bridgehead atoms. The van der Waals surface area contributed by atoms with Gasteiger partial charge >= 0.3 is 6.18 Å². The third-order valence-electron chi connectivity index (χ3n) is 6.21. The second-order valence-corrected chi connectivity index (χ2v) is 9.34. The largest absolute Gasteiger partial charge is 0.493 e. The van der Waals surface area contributed by atoms with Crippen LogP contribution in [0.15, 0.2) is 42.6 Å². The normalized spacial score (nSPS) is 15.8. The summed E-state index contributed by atoms with van der Waals surface area (Å²) in [5.41, 5.74) is -2.14. The number of halogens is 4. The summed E-state index contributed by atoms with van der Waals surface area (Å²) < 4.78 is 62.4. The van der Waals surface area contributed by atoms with Crippen molar-refractivity contribution >= 4 is 16.5 Å². The molecule has 0 aliphatic carbocycles. The summed E-state index contributed by atoms with van der Waals surface area (Å²) in [6, 6.07) is 9.52. The topological polar surface area (TPSA) is 54.4 Å². The van der Waals surface area contributed by atoms with Crippen LogP contribution >= 0.6 is 0 Å². The molecule has 2 heterocycles. The monoisotopic (exact) mass is 462 g/mol. The smallest absolute Gasteiger partial charge is 0.418 e. The molecule has 1 unspecified atom stereocenters. The lowest BCUT2D eigenvalue weighted by Gasteiger charge is -2.38. The Labute approximate surface area is 189 Å². The molecule has 1 aromatic heterocycles. The van der Waals surface area contributed by atoms with Crippen molar-refractivity contribution in [2.45, 2.75) is 50.8 Å². The third-order valence-corrected chi connectivity index (χ3v) is 6.21. The van der Waals surface area contributed by atoms with Crippen molar-refractivity contribution in [1.82, 2.24) is 4.98 Å². The van der Waals surface area contributed by atoms with Gasteiger partial charge in [-0.1, -0.05) is 26.0 Å². The van der Waals surface area contributed by atoms with Gasteiger partial charge in [0.25, 0.3) is 0 Å². The van der Waals surface area contributed by atoms with E-state index in [0.29, 0.717) is 41.0 Å². The van der Waals surface area contributed by atoms with E-state index in [1.807, 2.05) is 6.07 Å². The van der Waals surface area contributed by atoms with Crippen molar-refractivity contribution in [3.05, 3.63) is 65.2 Å². The van der Waals surface area contributed by atoms with Gasteiger partial charge in [-0.3, -0.25) is 4.98 Å². The first-order chi connectivity index (χ1) is 15.4. The number of benzene rings is 2. The summed E-state index contributed by atoms with van der Waals surface area (Å²) >= 11 is 0. The van der Waals surface area contributed by atoms with E-state index in [4.69, 9.17) is 4.74 Å². The third kappa shape index (κ3) is 4.49. The predicted octanol–water partition coefficient (Wildman–Crippen LogP) is 5.69. The van der Waals surface area contributed by atoms with E-state index in [0.717, 1.165) is 11.1 Å². The van der Waals surface area contributed by atoms with Crippen LogP contribution in [0, 0.1) is 12.7 Å². The average Bonchev–Trinajstić information content (AvgIpc) is 3.18. The number of aliphatic hydroxyl groups is 1. The number of hydrogen-bond acceptors (Lipinski definition) is 4. The lowest BCUT2D eigenvalue weighted by molar-refractivity contribution is -0.260. The van der Waals surface area contributed by atoms with Gasteiger partial charge in [0.2, 0.25) is 0 Å². The van der Waals surface area contributed by atoms with E-state index in [9.17, 15) is 22.7 Å². The van der Waals surface area contributed by atoms with Gasteiger partial charge in [0.1, 0.15) is 11.6 Å². The van der Waals surface area contributed by atoms with Crippen LogP contribution in [0.5, 0.6) is 5.75 Å². The van der Waals surface area contributed by atoms with Gasteiger partial charge in [-0.25, -0.2) is 4.39 Å². The fourth-order valence-corrected chi connectivity index (χ4v) is 4.53. The maximum absolute atomic E-state index is 14.2. The molecule has 1 aliphatic rings. The second kappa shape index (κ2) is 8.17. The van der Waals surface area contributed by atoms with Crippen molar-refractivity contribution in [1.29, 1.82) is 0 Å². The number of rotatable bonds is 6. The summed E-state index contributed by atoms with van der Waals surface area (Å²) in [4.78, 5) is 4.21. The van der Waals surface area contributed by atoms with E-state index in [2.05, 4.69) is 10.3 Å². The maximum atomic E-state index is 14.2. The summed E-state index contributed by atoms with van der Waals surface area (Å²) in [5.74, 6) is -0.119. The molecule has 8 heteroatoms. The van der Waals surface area contributed by atoms with Gasteiger partial charge in [-0.05, 0) is 43.0 Å². The van der Waals surface area contributed by atoms with Crippen LogP contribution in [0.3, 0.4) is 0 Å². The SMILES string of the molecule is Cc1cc2c(NCC(O)(CC(C)(C)c3cc(F)cc4c3OCC4)C(F)(F)F)cccc2cn1. The van der Waals surface area contributed by atoms with Gasteiger partial charge in [0.05, 0.1) is 13.2 Å². The van der Waals surface area contributed by atoms with Crippen LogP contribution in [0.1, 0.15) is 37.1 Å². The summed E-state index contributed by atoms with van der Waals surface area (Å²) in [5, 5.41) is 15.2. The molecular formula is C25H26F4N2O2. The highest BCUT2D eigenvalue weighted by atomic mass is 19.4. The minimum absolute atomic E-state index is 0.324. The molecule has 0 fully saturated rings. The van der Waals surface area contributed by atoms with Crippen LogP contribution < -0.4 is 10.1 Å². The molecular weight excluding hydrogens is 436 g/mol. The Kier molecular flexibility index (Phi) is 5.76. The van der Waals surface area contributed by atoms with Gasteiger partial charge in [0, 0.05) is 45.9 Å². The maximum Gasteiger partial charge on any atom is 0.418 e. The first-order valence-corrected chi connectivity index (χ1v) is 10.7. The molecule has 0 spiro atoms. The molecule has 0 saturated carbocycles. The van der Waals surface area contributed by atoms with Gasteiger partial charge in [0.15, 0.2) is 5.60 Å². The van der Waals surface area contributed by atoms with Crippen LogP contribution in [-0.4, -0.2) is 35.0 Å². The summed E-state index contributed by atoms with van der Waals surface area (Å²) in [7, 11) is 0. The van der Waals surface area contributed by atoms with Crippen LogP contribution in [0.25, 0.3) is 10.8 Å². The Balaban J connectivity index is 1.66. The molecule has 3 aromatic rings. The molecule has 4 rings (SSSR count). The Morgan fingerprint density at radius 3 is 2.64 bits per heavy atom. The van der Waals surface area contributed by atoms with Crippen LogP contribution in [0.2, 0.25) is 0 Å². The number of nitrogens with zero attached hydrogens (tertiary/aromatic N) is 1. The highest BCUT2D eigenvalue weighted by molar-refractivity contribution is 5.93. The van der Waals surface area contributed by atoms with E-state index >= 15 is 0 Å². The molecule has 1 atom stereocenters. The molecule has 33 heavy (non-hydrogen) atoms. The Morgan fingerprint density at radius 1 is 1.15 bits per heavy atom. The highest BCUT2D eigenvalue weighted by Gasteiger charge is 2.56. The fraction of sp³-hybridized carbons (Fsp3) is 0.400. The van der Waals surface area contributed by atoms with Crippen molar-refractivity contribution in [2.75, 3.05) is 18.5 Å². The van der Waals surface area contributed by atoms with Crippen LogP contribution in [-0.2, 0) is 11.8 Å². The Hall–Kier alpha value is -2.87. The number of ether oxygens (including phenoxy) is 1. The Morgan fingerprint density at radius 2 is 1.91 bits per heavy atom. The van der Waals surface area contributed by atoms with Gasteiger partial charge in [-0.15, -0.1) is 0 Å². The first kappa shape index (κ1) is 23.3. The molecule has 0 amide bonds. The number of hydrogen-bond donors (Lipinski definition) is 2. The van der Waals surface area contributed by atoms with Crippen LogP contribution in [0.4, 0.5) is 23.2 Å². The molecule has 2 N–H and O–H groups in total. The second-order valence-electron chi connectivity index (χ2n) is 9.34. The van der Waals surface area contributed by atoms with Gasteiger partial charge in [-0.2, -0.15) is 13.2 Å². The number of fused-ring (bicyclic) bond motifs is 2. The summed E-state index contributed by atoms with van der Waals surface area (Å²) in [6.45, 7) is 4.51. The zero-order valence-electron chi connectivity index (χ0n) is 18.7. The standard InChI is InChI=1S/C25H26F4N2O2/c1-15-9-19-17(12-30-15)5-4-6-21(19)31-14-24(32,25(27,28)29)13-23(2,3)20-11-18(26)10-16-7-8-33-22(16)20/h4-6,9-12,31-32H,7-8,13-14H2,1-3H3. The molecule has 0 saturated heterocycles.